The molecule has 0 aliphatic rings. The van der Waals surface area contributed by atoms with Gasteiger partial charge in [-0.15, -0.1) is 22.7 Å². The van der Waals surface area contributed by atoms with Crippen molar-refractivity contribution in [3.05, 3.63) is 33.5 Å². The summed E-state index contributed by atoms with van der Waals surface area (Å²) in [6.07, 6.45) is 0. The van der Waals surface area contributed by atoms with Gasteiger partial charge in [0, 0.05) is 20.5 Å². The first-order chi connectivity index (χ1) is 7.58. The molecule has 0 saturated heterocycles. The maximum absolute atomic E-state index is 13.8. The normalized spacial score (nSPS) is 11.8. The molecule has 0 spiro atoms. The smallest absolute Gasteiger partial charge is 0.168 e. The van der Waals surface area contributed by atoms with E-state index in [2.05, 4.69) is 0 Å². The molecule has 0 saturated carbocycles. The van der Waals surface area contributed by atoms with Gasteiger partial charge in [0.1, 0.15) is 0 Å². The van der Waals surface area contributed by atoms with Crippen molar-refractivity contribution >= 4 is 42.8 Å². The molecule has 2 aromatic heterocycles. The van der Waals surface area contributed by atoms with Crippen molar-refractivity contribution < 1.29 is 8.78 Å². The summed E-state index contributed by atoms with van der Waals surface area (Å²) in [6, 6.07) is 3.43. The lowest BCUT2D eigenvalue weighted by Gasteiger charge is -1.97. The molecule has 0 nitrogen and oxygen atoms in total. The molecule has 4 heteroatoms. The van der Waals surface area contributed by atoms with E-state index in [0.29, 0.717) is 10.8 Å². The quantitative estimate of drug-likeness (QED) is 0.529. The summed E-state index contributed by atoms with van der Waals surface area (Å²) in [6.45, 7) is 3.82. The molecule has 0 aliphatic heterocycles. The maximum atomic E-state index is 13.8. The number of aryl methyl sites for hydroxylation is 2. The molecule has 0 amide bonds. The molecule has 1 aromatic carbocycles. The van der Waals surface area contributed by atoms with Crippen molar-refractivity contribution in [3.63, 3.8) is 0 Å². The van der Waals surface area contributed by atoms with E-state index in [1.54, 1.807) is 12.1 Å². The molecule has 0 atom stereocenters. The van der Waals surface area contributed by atoms with E-state index in [-0.39, 0.29) is 0 Å². The van der Waals surface area contributed by atoms with Gasteiger partial charge in [0.05, 0.1) is 9.40 Å². The Kier molecular flexibility index (Phi) is 2.06. The van der Waals surface area contributed by atoms with E-state index in [0.717, 1.165) is 19.2 Å². The third kappa shape index (κ3) is 1.23. The van der Waals surface area contributed by atoms with Crippen LogP contribution in [0, 0.1) is 25.5 Å². The van der Waals surface area contributed by atoms with E-state index < -0.39 is 11.6 Å². The fourth-order valence-corrected chi connectivity index (χ4v) is 4.10. The monoisotopic (exact) mass is 254 g/mol. The summed E-state index contributed by atoms with van der Waals surface area (Å²) in [5.74, 6) is -1.44. The Balaban J connectivity index is 2.66. The van der Waals surface area contributed by atoms with Crippen LogP contribution in [-0.4, -0.2) is 0 Å². The first-order valence-electron chi connectivity index (χ1n) is 4.85. The molecule has 82 valence electrons. The van der Waals surface area contributed by atoms with Crippen molar-refractivity contribution in [1.29, 1.82) is 0 Å². The van der Waals surface area contributed by atoms with E-state index in [1.807, 2.05) is 13.8 Å². The topological polar surface area (TPSA) is 0 Å². The van der Waals surface area contributed by atoms with Crippen LogP contribution >= 0.6 is 22.7 Å². The third-order valence-corrected chi connectivity index (χ3v) is 4.85. The van der Waals surface area contributed by atoms with E-state index >= 15 is 0 Å². The lowest BCUT2D eigenvalue weighted by Crippen LogP contribution is -1.84. The van der Waals surface area contributed by atoms with Gasteiger partial charge >= 0.3 is 0 Å². The summed E-state index contributed by atoms with van der Waals surface area (Å²) >= 11 is 3.04. The van der Waals surface area contributed by atoms with Crippen LogP contribution in [0.15, 0.2) is 12.1 Å². The second-order valence-electron chi connectivity index (χ2n) is 3.83. The van der Waals surface area contributed by atoms with Gasteiger partial charge in [0.2, 0.25) is 0 Å². The van der Waals surface area contributed by atoms with Crippen LogP contribution in [0.5, 0.6) is 0 Å². The summed E-state index contributed by atoms with van der Waals surface area (Å²) in [4.78, 5) is 2.01. The van der Waals surface area contributed by atoms with Gasteiger partial charge in [-0.25, -0.2) is 8.78 Å². The number of hydrogen-bond donors (Lipinski definition) is 0. The van der Waals surface area contributed by atoms with Crippen molar-refractivity contribution in [2.75, 3.05) is 0 Å². The van der Waals surface area contributed by atoms with Gasteiger partial charge in [-0.05, 0) is 26.0 Å². The zero-order valence-corrected chi connectivity index (χ0v) is 10.4. The predicted molar refractivity (Wildman–Crippen MR) is 66.6 cm³/mol. The van der Waals surface area contributed by atoms with Gasteiger partial charge in [-0.3, -0.25) is 0 Å². The molecule has 3 aromatic rings. The fourth-order valence-electron chi connectivity index (χ4n) is 1.93. The molecule has 3 rings (SSSR count). The Morgan fingerprint density at radius 2 is 1.19 bits per heavy atom. The van der Waals surface area contributed by atoms with Crippen LogP contribution in [0.25, 0.3) is 20.2 Å². The number of benzene rings is 1. The van der Waals surface area contributed by atoms with Crippen LogP contribution in [0.3, 0.4) is 0 Å². The van der Waals surface area contributed by atoms with Gasteiger partial charge in [0.25, 0.3) is 0 Å². The van der Waals surface area contributed by atoms with Crippen LogP contribution in [-0.2, 0) is 0 Å². The number of hydrogen-bond acceptors (Lipinski definition) is 2. The van der Waals surface area contributed by atoms with Gasteiger partial charge in [-0.2, -0.15) is 0 Å². The molecule has 0 N–H and O–H groups in total. The van der Waals surface area contributed by atoms with Gasteiger partial charge in [-0.1, -0.05) is 0 Å². The number of rotatable bonds is 0. The largest absolute Gasteiger partial charge is 0.203 e. The second-order valence-corrected chi connectivity index (χ2v) is 6.34. The summed E-state index contributed by atoms with van der Waals surface area (Å²) < 4.78 is 29.3. The van der Waals surface area contributed by atoms with Crippen molar-refractivity contribution in [2.24, 2.45) is 0 Å². The van der Waals surface area contributed by atoms with E-state index in [9.17, 15) is 8.78 Å². The average Bonchev–Trinajstić information content (AvgIpc) is 2.78. The zero-order valence-electron chi connectivity index (χ0n) is 8.73. The fraction of sp³-hybridized carbons (Fsp3) is 0.167. The van der Waals surface area contributed by atoms with Crippen LogP contribution in [0.4, 0.5) is 8.78 Å². The molecule has 0 unspecified atom stereocenters. The number of halogens is 2. The molecule has 0 radical (unpaired) electrons. The number of fused-ring (bicyclic) bond motifs is 3. The third-order valence-electron chi connectivity index (χ3n) is 2.58. The molecule has 0 bridgehead atoms. The summed E-state index contributed by atoms with van der Waals surface area (Å²) in [5.41, 5.74) is 0. The summed E-state index contributed by atoms with van der Waals surface area (Å²) in [7, 11) is 0. The zero-order chi connectivity index (χ0) is 11.4. The Morgan fingerprint density at radius 1 is 0.812 bits per heavy atom. The van der Waals surface area contributed by atoms with E-state index in [1.165, 1.54) is 22.7 Å². The molecule has 16 heavy (non-hydrogen) atoms. The summed E-state index contributed by atoms with van der Waals surface area (Å²) in [5, 5.41) is 0.823. The molecule has 0 fully saturated rings. The Labute approximate surface area is 99.1 Å². The van der Waals surface area contributed by atoms with Crippen LogP contribution in [0.1, 0.15) is 9.75 Å². The lowest BCUT2D eigenvalue weighted by atomic mass is 10.2. The molecular weight excluding hydrogens is 246 g/mol. The highest BCUT2D eigenvalue weighted by Crippen LogP contribution is 2.40. The minimum atomic E-state index is -0.718. The van der Waals surface area contributed by atoms with Crippen molar-refractivity contribution in [3.8, 4) is 0 Å². The highest BCUT2D eigenvalue weighted by Gasteiger charge is 2.17. The molecule has 0 aliphatic carbocycles. The van der Waals surface area contributed by atoms with E-state index in [4.69, 9.17) is 0 Å². The standard InChI is InChI=1S/C12H8F2S2/c1-5-3-7-9(13)10(14)8-4-6(2)16-12(8)11(7)15-5/h3-4H,1-2H3. The Morgan fingerprint density at radius 3 is 1.56 bits per heavy atom. The first-order valence-corrected chi connectivity index (χ1v) is 6.48. The highest BCUT2D eigenvalue weighted by atomic mass is 32.1. The van der Waals surface area contributed by atoms with Crippen LogP contribution < -0.4 is 0 Å². The second kappa shape index (κ2) is 3.25. The predicted octanol–water partition coefficient (Wildman–Crippen LogP) is 5.01. The Bertz CT molecular complexity index is 645. The van der Waals surface area contributed by atoms with Gasteiger partial charge in [0.15, 0.2) is 11.6 Å². The Hall–Kier alpha value is -1.00. The minimum absolute atomic E-state index is 0.411. The van der Waals surface area contributed by atoms with Crippen molar-refractivity contribution in [1.82, 2.24) is 0 Å². The average molecular weight is 254 g/mol. The van der Waals surface area contributed by atoms with Crippen LogP contribution in [0.2, 0.25) is 0 Å². The van der Waals surface area contributed by atoms with Crippen molar-refractivity contribution in [2.45, 2.75) is 13.8 Å². The maximum Gasteiger partial charge on any atom is 0.168 e. The first kappa shape index (κ1) is 10.2. The molecule has 2 heterocycles. The SMILES string of the molecule is Cc1cc2c(F)c(F)c3cc(C)sc3c2s1. The number of thiophene rings is 2. The highest BCUT2D eigenvalue weighted by molar-refractivity contribution is 7.27. The minimum Gasteiger partial charge on any atom is -0.203 e. The van der Waals surface area contributed by atoms with Gasteiger partial charge < -0.3 is 0 Å². The molecular formula is C12H8F2S2. The lowest BCUT2D eigenvalue weighted by molar-refractivity contribution is 0.525.